The van der Waals surface area contributed by atoms with E-state index in [0.717, 1.165) is 11.1 Å². The summed E-state index contributed by atoms with van der Waals surface area (Å²) in [5.41, 5.74) is 2.42. The minimum Gasteiger partial charge on any atom is -0.497 e. The van der Waals surface area contributed by atoms with Gasteiger partial charge in [0.25, 0.3) is 0 Å². The highest BCUT2D eigenvalue weighted by atomic mass is 16.5. The van der Waals surface area contributed by atoms with Gasteiger partial charge in [0.15, 0.2) is 5.78 Å². The third kappa shape index (κ3) is 8.41. The van der Waals surface area contributed by atoms with Gasteiger partial charge in [-0.2, -0.15) is 0 Å². The molecule has 3 amide bonds. The second kappa shape index (κ2) is 14.1. The summed E-state index contributed by atoms with van der Waals surface area (Å²) in [5.74, 6) is -0.182. The number of fused-ring (bicyclic) bond motifs is 1. The molecule has 1 unspecified atom stereocenters. The van der Waals surface area contributed by atoms with E-state index in [1.54, 1.807) is 31.2 Å². The zero-order chi connectivity index (χ0) is 29.4. The third-order valence-corrected chi connectivity index (χ3v) is 7.18. The zero-order valence-electron chi connectivity index (χ0n) is 24.5. The molecule has 0 bridgehead atoms. The highest BCUT2D eigenvalue weighted by Gasteiger charge is 2.33. The SMILES string of the molecule is COc1ccc2c(c1)C(CC(=O)N[C@@H](CC(C)C)C(=O)N[C@H](CC(C)C)C(=O)N(C)Cc1ccccc1)CC2=O. The Morgan fingerprint density at radius 3 is 2.23 bits per heavy atom. The molecule has 8 heteroatoms. The van der Waals surface area contributed by atoms with Crippen LogP contribution in [0.1, 0.15) is 80.8 Å². The first-order valence-electron chi connectivity index (χ1n) is 14.1. The van der Waals surface area contributed by atoms with Crippen molar-refractivity contribution in [1.82, 2.24) is 15.5 Å². The van der Waals surface area contributed by atoms with Crippen molar-refractivity contribution < 1.29 is 23.9 Å². The number of carbonyl (C=O) groups is 4. The van der Waals surface area contributed by atoms with E-state index in [4.69, 9.17) is 4.74 Å². The van der Waals surface area contributed by atoms with Gasteiger partial charge in [0, 0.05) is 37.9 Å². The van der Waals surface area contributed by atoms with Gasteiger partial charge in [-0.1, -0.05) is 58.0 Å². The van der Waals surface area contributed by atoms with E-state index in [0.29, 0.717) is 30.7 Å². The number of likely N-dealkylation sites (N-methyl/N-ethyl adjacent to an activating group) is 1. The molecule has 3 atom stereocenters. The molecule has 0 spiro atoms. The Morgan fingerprint density at radius 2 is 1.60 bits per heavy atom. The number of nitrogens with zero attached hydrogens (tertiary/aromatic N) is 1. The predicted octanol–water partition coefficient (Wildman–Crippen LogP) is 4.48. The van der Waals surface area contributed by atoms with Gasteiger partial charge < -0.3 is 20.3 Å². The standard InChI is InChI=1S/C32H43N3O5/c1-20(2)14-27(33-30(37)17-23-16-29(36)25-13-12-24(40-6)18-26(23)25)31(38)34-28(15-21(3)4)32(39)35(5)19-22-10-8-7-9-11-22/h7-13,18,20-21,23,27-28H,14-17,19H2,1-6H3,(H,33,37)(H,34,38)/t23?,27-,28+/m0/s1. The molecule has 40 heavy (non-hydrogen) atoms. The molecule has 3 rings (SSSR count). The maximum absolute atomic E-state index is 13.5. The number of benzene rings is 2. The van der Waals surface area contributed by atoms with Crippen LogP contribution in [0.4, 0.5) is 0 Å². The second-order valence-corrected chi connectivity index (χ2v) is 11.6. The monoisotopic (exact) mass is 549 g/mol. The number of hydrogen-bond acceptors (Lipinski definition) is 5. The molecule has 2 aromatic rings. The largest absolute Gasteiger partial charge is 0.497 e. The van der Waals surface area contributed by atoms with Crippen LogP contribution in [-0.2, 0) is 20.9 Å². The molecule has 2 N–H and O–H groups in total. The number of Topliss-reactive ketones (excluding diaryl/α,β-unsaturated/α-hetero) is 1. The van der Waals surface area contributed by atoms with Crippen molar-refractivity contribution in [3.8, 4) is 5.75 Å². The molecule has 0 radical (unpaired) electrons. The molecule has 0 aromatic heterocycles. The fourth-order valence-electron chi connectivity index (χ4n) is 5.23. The average molecular weight is 550 g/mol. The third-order valence-electron chi connectivity index (χ3n) is 7.18. The molecule has 0 saturated heterocycles. The molecule has 0 aliphatic heterocycles. The molecule has 0 heterocycles. The van der Waals surface area contributed by atoms with Gasteiger partial charge in [-0.15, -0.1) is 0 Å². The lowest BCUT2D eigenvalue weighted by molar-refractivity contribution is -0.137. The van der Waals surface area contributed by atoms with Crippen molar-refractivity contribution in [2.45, 2.75) is 77.9 Å². The quantitative estimate of drug-likeness (QED) is 0.384. The Balaban J connectivity index is 1.70. The van der Waals surface area contributed by atoms with Crippen LogP contribution in [0, 0.1) is 11.8 Å². The zero-order valence-corrected chi connectivity index (χ0v) is 24.5. The van der Waals surface area contributed by atoms with Crippen LogP contribution in [0.15, 0.2) is 48.5 Å². The van der Waals surface area contributed by atoms with E-state index in [2.05, 4.69) is 10.6 Å². The summed E-state index contributed by atoms with van der Waals surface area (Å²) in [4.78, 5) is 54.2. The fraction of sp³-hybridized carbons (Fsp3) is 0.500. The van der Waals surface area contributed by atoms with Crippen LogP contribution < -0.4 is 15.4 Å². The first-order chi connectivity index (χ1) is 19.0. The molecule has 216 valence electrons. The number of amides is 3. The smallest absolute Gasteiger partial charge is 0.245 e. The number of nitrogens with one attached hydrogen (secondary N) is 2. The van der Waals surface area contributed by atoms with Crippen molar-refractivity contribution in [3.63, 3.8) is 0 Å². The number of methoxy groups -OCH3 is 1. The Morgan fingerprint density at radius 1 is 0.950 bits per heavy atom. The molecule has 0 saturated carbocycles. The fourth-order valence-corrected chi connectivity index (χ4v) is 5.23. The maximum Gasteiger partial charge on any atom is 0.245 e. The second-order valence-electron chi connectivity index (χ2n) is 11.6. The molecular weight excluding hydrogens is 506 g/mol. The molecule has 1 aliphatic rings. The van der Waals surface area contributed by atoms with Crippen LogP contribution >= 0.6 is 0 Å². The minimum absolute atomic E-state index is 0.00147. The van der Waals surface area contributed by atoms with Crippen LogP contribution in [-0.4, -0.2) is 54.6 Å². The first-order valence-corrected chi connectivity index (χ1v) is 14.1. The first kappa shape index (κ1) is 30.9. The van der Waals surface area contributed by atoms with Gasteiger partial charge in [-0.25, -0.2) is 0 Å². The number of carbonyl (C=O) groups excluding carboxylic acids is 4. The lowest BCUT2D eigenvalue weighted by atomic mass is 9.96. The van der Waals surface area contributed by atoms with Crippen LogP contribution in [0.3, 0.4) is 0 Å². The lowest BCUT2D eigenvalue weighted by Gasteiger charge is -2.28. The lowest BCUT2D eigenvalue weighted by Crippen LogP contribution is -2.54. The van der Waals surface area contributed by atoms with Gasteiger partial charge in [-0.05, 0) is 54.0 Å². The van der Waals surface area contributed by atoms with E-state index < -0.39 is 12.1 Å². The van der Waals surface area contributed by atoms with Gasteiger partial charge in [-0.3, -0.25) is 19.2 Å². The average Bonchev–Trinajstić information content (AvgIpc) is 3.21. The normalized spacial score (nSPS) is 15.9. The van der Waals surface area contributed by atoms with Crippen molar-refractivity contribution in [2.24, 2.45) is 11.8 Å². The van der Waals surface area contributed by atoms with Crippen LogP contribution in [0.25, 0.3) is 0 Å². The minimum atomic E-state index is -0.795. The maximum atomic E-state index is 13.5. The molecule has 1 aliphatic carbocycles. The van der Waals surface area contributed by atoms with E-state index in [1.165, 1.54) is 0 Å². The van der Waals surface area contributed by atoms with Gasteiger partial charge in [0.2, 0.25) is 17.7 Å². The number of hydrogen-bond donors (Lipinski definition) is 2. The Labute approximate surface area is 237 Å². The summed E-state index contributed by atoms with van der Waals surface area (Å²) in [6, 6.07) is 13.5. The van der Waals surface area contributed by atoms with Gasteiger partial charge in [0.05, 0.1) is 7.11 Å². The number of ketones is 1. The van der Waals surface area contributed by atoms with Crippen LogP contribution in [0.2, 0.25) is 0 Å². The number of ether oxygens (including phenoxy) is 1. The van der Waals surface area contributed by atoms with E-state index in [1.807, 2.05) is 64.1 Å². The van der Waals surface area contributed by atoms with Crippen molar-refractivity contribution in [2.75, 3.05) is 14.2 Å². The summed E-state index contributed by atoms with van der Waals surface area (Å²) in [5, 5.41) is 5.84. The summed E-state index contributed by atoms with van der Waals surface area (Å²) in [6.45, 7) is 8.41. The molecular formula is C32H43N3O5. The van der Waals surface area contributed by atoms with E-state index in [-0.39, 0.29) is 54.1 Å². The topological polar surface area (TPSA) is 105 Å². The van der Waals surface area contributed by atoms with Crippen LogP contribution in [0.5, 0.6) is 5.75 Å². The molecule has 0 fully saturated rings. The van der Waals surface area contributed by atoms with Gasteiger partial charge in [0.1, 0.15) is 17.8 Å². The van der Waals surface area contributed by atoms with Crippen molar-refractivity contribution in [1.29, 1.82) is 0 Å². The highest BCUT2D eigenvalue weighted by Crippen LogP contribution is 2.37. The molecule has 2 aromatic carbocycles. The number of rotatable bonds is 13. The summed E-state index contributed by atoms with van der Waals surface area (Å²) >= 11 is 0. The highest BCUT2D eigenvalue weighted by molar-refractivity contribution is 6.02. The van der Waals surface area contributed by atoms with E-state index >= 15 is 0 Å². The molecule has 8 nitrogen and oxygen atoms in total. The summed E-state index contributed by atoms with van der Waals surface area (Å²) < 4.78 is 5.31. The predicted molar refractivity (Wildman–Crippen MR) is 155 cm³/mol. The summed E-state index contributed by atoms with van der Waals surface area (Å²) in [6.07, 6.45) is 1.24. The Hall–Kier alpha value is -3.68. The van der Waals surface area contributed by atoms with E-state index in [9.17, 15) is 19.2 Å². The van der Waals surface area contributed by atoms with Gasteiger partial charge >= 0.3 is 0 Å². The Kier molecular flexibility index (Phi) is 10.9. The van der Waals surface area contributed by atoms with Crippen molar-refractivity contribution >= 4 is 23.5 Å². The van der Waals surface area contributed by atoms with Crippen molar-refractivity contribution in [3.05, 3.63) is 65.2 Å². The summed E-state index contributed by atoms with van der Waals surface area (Å²) in [7, 11) is 3.30. The Bertz CT molecular complexity index is 1190.